The Balaban J connectivity index is 1.79. The van der Waals surface area contributed by atoms with Crippen LogP contribution in [0.2, 0.25) is 0 Å². The summed E-state index contributed by atoms with van der Waals surface area (Å²) in [6.45, 7) is 5.76. The summed E-state index contributed by atoms with van der Waals surface area (Å²) < 4.78 is 5.29. The lowest BCUT2D eigenvalue weighted by molar-refractivity contribution is -0.132. The molecule has 1 aromatic heterocycles. The van der Waals surface area contributed by atoms with Crippen molar-refractivity contribution < 1.29 is 9.53 Å². The summed E-state index contributed by atoms with van der Waals surface area (Å²) in [4.78, 5) is 21.0. The van der Waals surface area contributed by atoms with Crippen LogP contribution in [0, 0.1) is 0 Å². The van der Waals surface area contributed by atoms with Crippen molar-refractivity contribution in [2.45, 2.75) is 45.2 Å². The van der Waals surface area contributed by atoms with Crippen molar-refractivity contribution in [1.29, 1.82) is 0 Å². The smallest absolute Gasteiger partial charge is 0.224 e. The molecule has 1 atom stereocenters. The third-order valence-corrected chi connectivity index (χ3v) is 4.48. The molecule has 23 heavy (non-hydrogen) atoms. The fraction of sp³-hybridized carbons (Fsp3) is 0.667. The Hall–Kier alpha value is -1.46. The summed E-state index contributed by atoms with van der Waals surface area (Å²) in [5.74, 6) is 0.228. The Morgan fingerprint density at radius 3 is 3.00 bits per heavy atom. The van der Waals surface area contributed by atoms with Crippen molar-refractivity contribution in [3.63, 3.8) is 0 Å². The van der Waals surface area contributed by atoms with Gasteiger partial charge in [-0.1, -0.05) is 6.07 Å². The molecule has 0 aromatic carbocycles. The van der Waals surface area contributed by atoms with Gasteiger partial charge in [0.1, 0.15) is 0 Å². The summed E-state index contributed by atoms with van der Waals surface area (Å²) in [5, 5.41) is 0. The van der Waals surface area contributed by atoms with E-state index in [1.807, 2.05) is 30.2 Å². The zero-order chi connectivity index (χ0) is 16.5. The minimum Gasteiger partial charge on any atom is -0.381 e. The highest BCUT2D eigenvalue weighted by Crippen LogP contribution is 2.18. The normalized spacial score (nSPS) is 18.9. The van der Waals surface area contributed by atoms with Crippen molar-refractivity contribution in [1.82, 2.24) is 14.8 Å². The van der Waals surface area contributed by atoms with Gasteiger partial charge in [-0.25, -0.2) is 0 Å². The van der Waals surface area contributed by atoms with E-state index in [1.54, 1.807) is 0 Å². The summed E-state index contributed by atoms with van der Waals surface area (Å²) in [6.07, 6.45) is 5.58. The monoisotopic (exact) mass is 319 g/mol. The second-order valence-electron chi connectivity index (χ2n) is 6.15. The van der Waals surface area contributed by atoms with Gasteiger partial charge in [0.2, 0.25) is 5.91 Å². The molecule has 0 radical (unpaired) electrons. The third kappa shape index (κ3) is 5.92. The summed E-state index contributed by atoms with van der Waals surface area (Å²) >= 11 is 0. The van der Waals surface area contributed by atoms with Crippen molar-refractivity contribution in [3.8, 4) is 0 Å². The first-order valence-corrected chi connectivity index (χ1v) is 8.66. The fourth-order valence-electron chi connectivity index (χ4n) is 3.11. The number of hydrogen-bond donors (Lipinski definition) is 0. The van der Waals surface area contributed by atoms with Crippen molar-refractivity contribution in [2.24, 2.45) is 0 Å². The van der Waals surface area contributed by atoms with Gasteiger partial charge in [0.25, 0.3) is 0 Å². The predicted octanol–water partition coefficient (Wildman–Crippen LogP) is 2.32. The van der Waals surface area contributed by atoms with E-state index in [-0.39, 0.29) is 5.91 Å². The first-order chi connectivity index (χ1) is 11.2. The van der Waals surface area contributed by atoms with E-state index in [1.165, 1.54) is 0 Å². The minimum atomic E-state index is 0.228. The van der Waals surface area contributed by atoms with Gasteiger partial charge in [0, 0.05) is 38.5 Å². The minimum absolute atomic E-state index is 0.228. The van der Waals surface area contributed by atoms with Gasteiger partial charge in [-0.15, -0.1) is 0 Å². The molecule has 0 aliphatic carbocycles. The topological polar surface area (TPSA) is 45.7 Å². The van der Waals surface area contributed by atoms with Crippen molar-refractivity contribution in [3.05, 3.63) is 30.1 Å². The van der Waals surface area contributed by atoms with Gasteiger partial charge in [-0.2, -0.15) is 0 Å². The lowest BCUT2D eigenvalue weighted by Gasteiger charge is -2.27. The first-order valence-electron chi connectivity index (χ1n) is 8.66. The molecule has 1 aromatic rings. The summed E-state index contributed by atoms with van der Waals surface area (Å²) in [6, 6.07) is 6.56. The van der Waals surface area contributed by atoms with E-state index < -0.39 is 0 Å². The SMILES string of the molecule is CCOCCC(=O)N1CCC[C@H](N(C)Cc2ccccn2)CC1. The highest BCUT2D eigenvalue weighted by molar-refractivity contribution is 5.76. The summed E-state index contributed by atoms with van der Waals surface area (Å²) in [5.41, 5.74) is 1.10. The van der Waals surface area contributed by atoms with E-state index in [4.69, 9.17) is 4.74 Å². The first kappa shape index (κ1) is 17.9. The number of amides is 1. The lowest BCUT2D eigenvalue weighted by Crippen LogP contribution is -2.35. The van der Waals surface area contributed by atoms with Crippen LogP contribution >= 0.6 is 0 Å². The standard InChI is InChI=1S/C18H29N3O2/c1-3-23-14-10-18(22)21-12-6-8-17(9-13-21)20(2)15-16-7-4-5-11-19-16/h4-5,7,11,17H,3,6,8-10,12-15H2,1-2H3/t17-/m0/s1. The Kier molecular flexibility index (Phi) is 7.49. The Morgan fingerprint density at radius 1 is 1.39 bits per heavy atom. The van der Waals surface area contributed by atoms with Crippen LogP contribution in [0.15, 0.2) is 24.4 Å². The third-order valence-electron chi connectivity index (χ3n) is 4.48. The highest BCUT2D eigenvalue weighted by atomic mass is 16.5. The Morgan fingerprint density at radius 2 is 2.26 bits per heavy atom. The van der Waals surface area contributed by atoms with Crippen LogP contribution in [0.4, 0.5) is 0 Å². The molecular weight excluding hydrogens is 290 g/mol. The van der Waals surface area contributed by atoms with Crippen LogP contribution in [-0.2, 0) is 16.1 Å². The van der Waals surface area contributed by atoms with E-state index in [0.717, 1.165) is 44.6 Å². The molecule has 1 saturated heterocycles. The molecule has 0 spiro atoms. The predicted molar refractivity (Wildman–Crippen MR) is 91.0 cm³/mol. The number of carbonyl (C=O) groups is 1. The molecular formula is C18H29N3O2. The van der Waals surface area contributed by atoms with Gasteiger partial charge in [-0.3, -0.25) is 14.7 Å². The second kappa shape index (κ2) is 9.63. The fourth-order valence-corrected chi connectivity index (χ4v) is 3.11. The molecule has 0 unspecified atom stereocenters. The molecule has 0 saturated carbocycles. The van der Waals surface area contributed by atoms with Crippen LogP contribution in [0.25, 0.3) is 0 Å². The molecule has 1 fully saturated rings. The molecule has 2 heterocycles. The lowest BCUT2D eigenvalue weighted by atomic mass is 10.1. The molecule has 1 aliphatic heterocycles. The number of aromatic nitrogens is 1. The van der Waals surface area contributed by atoms with Gasteiger partial charge >= 0.3 is 0 Å². The average Bonchev–Trinajstić information content (AvgIpc) is 2.82. The van der Waals surface area contributed by atoms with E-state index in [2.05, 4.69) is 23.0 Å². The molecule has 0 N–H and O–H groups in total. The zero-order valence-corrected chi connectivity index (χ0v) is 14.4. The van der Waals surface area contributed by atoms with E-state index in [0.29, 0.717) is 25.7 Å². The van der Waals surface area contributed by atoms with Crippen molar-refractivity contribution in [2.75, 3.05) is 33.4 Å². The zero-order valence-electron chi connectivity index (χ0n) is 14.4. The van der Waals surface area contributed by atoms with Gasteiger partial charge in [-0.05, 0) is 45.4 Å². The molecule has 5 nitrogen and oxygen atoms in total. The van der Waals surface area contributed by atoms with E-state index >= 15 is 0 Å². The van der Waals surface area contributed by atoms with Crippen LogP contribution in [-0.4, -0.2) is 60.1 Å². The van der Waals surface area contributed by atoms with Crippen LogP contribution in [0.3, 0.4) is 0 Å². The largest absolute Gasteiger partial charge is 0.381 e. The molecule has 1 amide bonds. The number of carbonyl (C=O) groups excluding carboxylic acids is 1. The number of rotatable bonds is 7. The number of pyridine rings is 1. The van der Waals surface area contributed by atoms with Crippen LogP contribution in [0.5, 0.6) is 0 Å². The second-order valence-corrected chi connectivity index (χ2v) is 6.15. The maximum absolute atomic E-state index is 12.2. The van der Waals surface area contributed by atoms with Crippen LogP contribution in [0.1, 0.15) is 38.3 Å². The number of hydrogen-bond acceptors (Lipinski definition) is 4. The number of likely N-dealkylation sites (tertiary alicyclic amines) is 1. The average molecular weight is 319 g/mol. The maximum Gasteiger partial charge on any atom is 0.224 e. The quantitative estimate of drug-likeness (QED) is 0.724. The Labute approximate surface area is 139 Å². The Bertz CT molecular complexity index is 467. The molecule has 1 aliphatic rings. The highest BCUT2D eigenvalue weighted by Gasteiger charge is 2.23. The molecule has 0 bridgehead atoms. The van der Waals surface area contributed by atoms with Crippen LogP contribution < -0.4 is 0 Å². The van der Waals surface area contributed by atoms with Gasteiger partial charge in [0.05, 0.1) is 18.7 Å². The van der Waals surface area contributed by atoms with Crippen molar-refractivity contribution >= 4 is 5.91 Å². The maximum atomic E-state index is 12.2. The van der Waals surface area contributed by atoms with E-state index in [9.17, 15) is 4.79 Å². The number of ether oxygens (including phenoxy) is 1. The molecule has 5 heteroatoms. The summed E-state index contributed by atoms with van der Waals surface area (Å²) in [7, 11) is 2.16. The van der Waals surface area contributed by atoms with Gasteiger partial charge in [0.15, 0.2) is 0 Å². The van der Waals surface area contributed by atoms with Gasteiger partial charge < -0.3 is 9.64 Å². The molecule has 128 valence electrons. The molecule has 2 rings (SSSR count). The number of nitrogens with zero attached hydrogens (tertiary/aromatic N) is 3.